The molecule has 6 fully saturated rings. The fourth-order valence-electron chi connectivity index (χ4n) is 13.7. The molecule has 3 aromatic heterocycles. The number of anilines is 4. The van der Waals surface area contributed by atoms with Gasteiger partial charge in [0, 0.05) is 86.1 Å². The van der Waals surface area contributed by atoms with Gasteiger partial charge in [0.2, 0.25) is 29.5 Å². The Morgan fingerprint density at radius 2 is 1.50 bits per heavy atom. The molecule has 8 heterocycles. The number of hydrogen-bond donors (Lipinski definition) is 3. The third kappa shape index (κ3) is 9.39. The highest BCUT2D eigenvalue weighted by Crippen LogP contribution is 2.52. The highest BCUT2D eigenvalue weighted by Gasteiger charge is 2.56. The first-order chi connectivity index (χ1) is 36.9. The number of likely N-dealkylation sites (tertiary alicyclic amines) is 3. The molecule has 3 N–H and O–H groups in total. The van der Waals surface area contributed by atoms with Crippen molar-refractivity contribution in [2.45, 2.75) is 146 Å². The van der Waals surface area contributed by atoms with Crippen molar-refractivity contribution in [3.05, 3.63) is 90.1 Å². The average Bonchev–Trinajstić information content (AvgIpc) is 3.98. The van der Waals surface area contributed by atoms with Gasteiger partial charge in [0.1, 0.15) is 17.2 Å². The number of amides is 5. The van der Waals surface area contributed by atoms with E-state index in [2.05, 4.69) is 62.8 Å². The lowest BCUT2D eigenvalue weighted by atomic mass is 9.73. The van der Waals surface area contributed by atoms with E-state index in [-0.39, 0.29) is 71.2 Å². The number of halogens is 1. The Morgan fingerprint density at radius 1 is 0.776 bits per heavy atom. The Labute approximate surface area is 443 Å². The number of carbonyl (C=O) groups is 5. The summed E-state index contributed by atoms with van der Waals surface area (Å²) in [5.74, 6) is 0.183. The first-order valence-corrected chi connectivity index (χ1v) is 28.2. The summed E-state index contributed by atoms with van der Waals surface area (Å²) in [6.45, 7) is 8.51. The molecule has 5 amide bonds. The number of pyridine rings is 2. The van der Waals surface area contributed by atoms with Gasteiger partial charge in [-0.3, -0.25) is 29.3 Å². The maximum atomic E-state index is 15.3. The molecule has 2 aromatic carbocycles. The van der Waals surface area contributed by atoms with E-state index in [1.165, 1.54) is 25.3 Å². The molecule has 4 saturated heterocycles. The fraction of sp³-hybridized carbons (Fsp3) is 0.525. The van der Waals surface area contributed by atoms with Crippen LogP contribution < -0.4 is 20.9 Å². The van der Waals surface area contributed by atoms with Gasteiger partial charge in [0.05, 0.1) is 34.6 Å². The molecule has 17 heteroatoms. The lowest BCUT2D eigenvalue weighted by Crippen LogP contribution is -2.58. The summed E-state index contributed by atoms with van der Waals surface area (Å²) >= 11 is 0. The minimum atomic E-state index is -0.744. The van der Waals surface area contributed by atoms with E-state index >= 15 is 9.18 Å². The van der Waals surface area contributed by atoms with Crippen LogP contribution in [0.25, 0.3) is 22.3 Å². The van der Waals surface area contributed by atoms with E-state index < -0.39 is 5.41 Å². The normalized spacial score (nSPS) is 25.2. The molecule has 76 heavy (non-hydrogen) atoms. The summed E-state index contributed by atoms with van der Waals surface area (Å²) in [5, 5.41) is 9.26. The summed E-state index contributed by atoms with van der Waals surface area (Å²) in [7, 11) is 0. The van der Waals surface area contributed by atoms with E-state index in [1.807, 2.05) is 32.6 Å². The predicted octanol–water partition coefficient (Wildman–Crippen LogP) is 8.61. The Bertz CT molecular complexity index is 3050. The number of fused-ring (bicyclic) bond motifs is 3. The molecule has 5 aliphatic heterocycles. The number of nitrogens with one attached hydrogen (secondary N) is 3. The van der Waals surface area contributed by atoms with Crippen LogP contribution in [0.15, 0.2) is 73.2 Å². The highest BCUT2D eigenvalue weighted by molar-refractivity contribution is 6.09. The van der Waals surface area contributed by atoms with Gasteiger partial charge in [-0.25, -0.2) is 19.3 Å². The van der Waals surface area contributed by atoms with Crippen molar-refractivity contribution in [3.8, 4) is 11.3 Å². The Balaban J connectivity index is 0.705. The van der Waals surface area contributed by atoms with Gasteiger partial charge in [-0.05, 0) is 158 Å². The molecular formula is C59H70FN11O5. The maximum Gasteiger partial charge on any atom is 0.238 e. The number of piperidine rings is 4. The first kappa shape index (κ1) is 50.1. The summed E-state index contributed by atoms with van der Waals surface area (Å²) in [4.78, 5) is 90.8. The molecule has 2 aliphatic carbocycles. The number of rotatable bonds is 11. The van der Waals surface area contributed by atoms with Crippen LogP contribution in [-0.2, 0) is 29.4 Å². The van der Waals surface area contributed by atoms with E-state index in [0.717, 1.165) is 85.0 Å². The second-order valence-electron chi connectivity index (χ2n) is 23.0. The molecular weight excluding hydrogens is 962 g/mol. The van der Waals surface area contributed by atoms with Crippen LogP contribution in [0.5, 0.6) is 0 Å². The van der Waals surface area contributed by atoms with Crippen LogP contribution in [0.2, 0.25) is 0 Å². The first-order valence-electron chi connectivity index (χ1n) is 28.2. The van der Waals surface area contributed by atoms with Gasteiger partial charge in [-0.1, -0.05) is 30.7 Å². The van der Waals surface area contributed by atoms with Gasteiger partial charge in [0.15, 0.2) is 5.82 Å². The Hall–Kier alpha value is -6.75. The van der Waals surface area contributed by atoms with Crippen LogP contribution in [0.4, 0.5) is 27.4 Å². The van der Waals surface area contributed by atoms with E-state index in [1.54, 1.807) is 30.7 Å². The van der Waals surface area contributed by atoms with Crippen molar-refractivity contribution in [1.82, 2.24) is 39.5 Å². The topological polar surface area (TPSA) is 178 Å². The zero-order chi connectivity index (χ0) is 52.2. The SMILES string of the molecule is CC(C)n1cnc2cc(-c3ccc4c(c3)N(C3CC(N5CCCCC5)C3)C(=O)C43CCN(C(=O)C4CCN(C(=O)C5CCC(Nc6cc([C@H]7CCC(=O)NC7=O)ccn6)CC5)CC4)CC3)nc(Nc3ccccc3F)c21. The number of carbonyl (C=O) groups excluding carboxylic acids is 5. The van der Waals surface area contributed by atoms with Crippen molar-refractivity contribution >= 4 is 63.6 Å². The molecule has 1 atom stereocenters. The molecule has 0 unspecified atom stereocenters. The van der Waals surface area contributed by atoms with Crippen molar-refractivity contribution < 1.29 is 28.4 Å². The predicted molar refractivity (Wildman–Crippen MR) is 288 cm³/mol. The monoisotopic (exact) mass is 1030 g/mol. The minimum Gasteiger partial charge on any atom is -0.367 e. The lowest BCUT2D eigenvalue weighted by Gasteiger charge is -2.48. The van der Waals surface area contributed by atoms with Gasteiger partial charge >= 0.3 is 0 Å². The second-order valence-corrected chi connectivity index (χ2v) is 23.0. The second kappa shape index (κ2) is 20.7. The van der Waals surface area contributed by atoms with Crippen molar-refractivity contribution in [1.29, 1.82) is 0 Å². The molecule has 12 rings (SSSR count). The third-order valence-corrected chi connectivity index (χ3v) is 18.2. The van der Waals surface area contributed by atoms with Crippen LogP contribution in [-0.4, -0.2) is 121 Å². The van der Waals surface area contributed by atoms with Gasteiger partial charge in [0.25, 0.3) is 0 Å². The van der Waals surface area contributed by atoms with Gasteiger partial charge in [-0.15, -0.1) is 0 Å². The molecule has 5 aromatic rings. The zero-order valence-corrected chi connectivity index (χ0v) is 43.8. The number of nitrogens with zero attached hydrogens (tertiary/aromatic N) is 8. The van der Waals surface area contributed by atoms with E-state index in [4.69, 9.17) is 9.97 Å². The van der Waals surface area contributed by atoms with Gasteiger partial charge in [-0.2, -0.15) is 0 Å². The maximum absolute atomic E-state index is 15.3. The molecule has 1 spiro atoms. The zero-order valence-electron chi connectivity index (χ0n) is 43.8. The quantitative estimate of drug-likeness (QED) is 0.108. The van der Waals surface area contributed by atoms with Crippen LogP contribution in [0.3, 0.4) is 0 Å². The van der Waals surface area contributed by atoms with Gasteiger partial charge < -0.3 is 34.8 Å². The Morgan fingerprint density at radius 3 is 2.22 bits per heavy atom. The number of imidazole rings is 1. The lowest BCUT2D eigenvalue weighted by molar-refractivity contribution is -0.144. The molecule has 2 saturated carbocycles. The molecule has 0 bridgehead atoms. The molecule has 7 aliphatic rings. The van der Waals surface area contributed by atoms with Crippen molar-refractivity contribution in [2.75, 3.05) is 54.8 Å². The molecule has 398 valence electrons. The van der Waals surface area contributed by atoms with Crippen LogP contribution in [0.1, 0.15) is 133 Å². The summed E-state index contributed by atoms with van der Waals surface area (Å²) in [5.41, 5.74) is 5.42. The molecule has 0 radical (unpaired) electrons. The largest absolute Gasteiger partial charge is 0.367 e. The van der Waals surface area contributed by atoms with Crippen LogP contribution in [0, 0.1) is 17.7 Å². The van der Waals surface area contributed by atoms with Crippen LogP contribution >= 0.6 is 0 Å². The van der Waals surface area contributed by atoms with E-state index in [0.29, 0.717) is 93.8 Å². The summed E-state index contributed by atoms with van der Waals surface area (Å²) in [6.07, 6.45) is 15.4. The number of hydrogen-bond acceptors (Lipinski definition) is 11. The number of para-hydroxylation sites is 1. The Kier molecular flexibility index (Phi) is 13.6. The van der Waals surface area contributed by atoms with E-state index in [9.17, 15) is 19.2 Å². The molecule has 16 nitrogen and oxygen atoms in total. The summed E-state index contributed by atoms with van der Waals surface area (Å²) in [6, 6.07) is 19.4. The van der Waals surface area contributed by atoms with Crippen molar-refractivity contribution in [2.24, 2.45) is 11.8 Å². The summed E-state index contributed by atoms with van der Waals surface area (Å²) < 4.78 is 17.2. The third-order valence-electron chi connectivity index (χ3n) is 18.2. The number of aromatic nitrogens is 4. The fourth-order valence-corrected chi connectivity index (χ4v) is 13.7. The number of imide groups is 1. The minimum absolute atomic E-state index is 0.0565. The van der Waals surface area contributed by atoms with Crippen molar-refractivity contribution in [3.63, 3.8) is 0 Å². The smallest absolute Gasteiger partial charge is 0.238 e. The standard InChI is InChI=1S/C59H70FN11O5/c1-36(2)70-35-62-49-34-48(65-54(53(49)70)64-47-9-5-4-8-46(47)60)40-12-16-45-50(30-40)71(43-32-42(33-43)67-24-6-3-7-25-67)58(76)59(45)21-28-69(29-22-59)57(75)38-19-26-68(27-20-38)56(74)37-10-13-41(14-11-37)63-51-31-39(18-23-61-51)44-15-17-52(72)66-55(44)73/h4-5,8-9,12,16,18,23,30-31,34-38,41-44H,3,6-7,10-11,13-15,17,19-22,24-29,32-33H2,1-2H3,(H,61,63)(H,64,65)(H,66,72,73)/t37?,41?,42?,43?,44-/m1/s1. The number of benzene rings is 2. The average molecular weight is 1030 g/mol. The highest BCUT2D eigenvalue weighted by atomic mass is 19.1.